The Labute approximate surface area is 174 Å². The van der Waals surface area contributed by atoms with Crippen LogP contribution in [0.5, 0.6) is 17.2 Å². The molecule has 29 heavy (non-hydrogen) atoms. The summed E-state index contributed by atoms with van der Waals surface area (Å²) >= 11 is 1.53. The Balaban J connectivity index is 1.54. The summed E-state index contributed by atoms with van der Waals surface area (Å²) in [6, 6.07) is 11.6. The van der Waals surface area contributed by atoms with Crippen LogP contribution in [0.25, 0.3) is 10.2 Å². The minimum atomic E-state index is -0.0563. The van der Waals surface area contributed by atoms with E-state index in [2.05, 4.69) is 10.3 Å². The maximum Gasteiger partial charge on any atom is 0.239 e. The quantitative estimate of drug-likeness (QED) is 0.579. The maximum absolute atomic E-state index is 12.3. The lowest BCUT2D eigenvalue weighted by Crippen LogP contribution is -2.36. The number of hydrogen-bond donors (Lipinski definition) is 1. The van der Waals surface area contributed by atoms with Crippen molar-refractivity contribution in [2.45, 2.75) is 6.42 Å². The summed E-state index contributed by atoms with van der Waals surface area (Å²) in [4.78, 5) is 18.8. The van der Waals surface area contributed by atoms with Gasteiger partial charge in [-0.05, 0) is 36.2 Å². The largest absolute Gasteiger partial charge is 0.494 e. The van der Waals surface area contributed by atoms with Crippen LogP contribution in [0.2, 0.25) is 0 Å². The number of likely N-dealkylation sites (N-methyl/N-ethyl adjacent to an activating group) is 1. The first kappa shape index (κ1) is 20.7. The molecule has 154 valence electrons. The first-order valence-corrected chi connectivity index (χ1v) is 9.99. The van der Waals surface area contributed by atoms with Crippen LogP contribution in [0.15, 0.2) is 36.4 Å². The number of nitrogens with zero attached hydrogens (tertiary/aromatic N) is 2. The number of hydrogen-bond acceptors (Lipinski definition) is 7. The van der Waals surface area contributed by atoms with Gasteiger partial charge in [-0.3, -0.25) is 4.79 Å². The number of carbonyl (C=O) groups is 1. The third kappa shape index (κ3) is 4.89. The second-order valence-corrected chi connectivity index (χ2v) is 7.46. The molecule has 0 radical (unpaired) electrons. The molecule has 0 atom stereocenters. The molecular formula is C21H25N3O4S. The predicted octanol–water partition coefficient (Wildman–Crippen LogP) is 3.12. The van der Waals surface area contributed by atoms with E-state index in [9.17, 15) is 4.79 Å². The third-order valence-corrected chi connectivity index (χ3v) is 5.62. The van der Waals surface area contributed by atoms with Gasteiger partial charge in [0.1, 0.15) is 11.3 Å². The first-order valence-electron chi connectivity index (χ1n) is 9.18. The molecule has 0 bridgehead atoms. The lowest BCUT2D eigenvalue weighted by Gasteiger charge is -2.15. The van der Waals surface area contributed by atoms with Crippen LogP contribution in [0.3, 0.4) is 0 Å². The van der Waals surface area contributed by atoms with Gasteiger partial charge >= 0.3 is 0 Å². The lowest BCUT2D eigenvalue weighted by atomic mass is 10.1. The monoisotopic (exact) mass is 415 g/mol. The molecule has 3 aromatic rings. The van der Waals surface area contributed by atoms with E-state index in [-0.39, 0.29) is 12.5 Å². The van der Waals surface area contributed by atoms with E-state index in [1.165, 1.54) is 11.3 Å². The summed E-state index contributed by atoms with van der Waals surface area (Å²) in [6.07, 6.45) is 0.703. The van der Waals surface area contributed by atoms with Crippen LogP contribution in [-0.2, 0) is 11.2 Å². The number of aromatic nitrogens is 1. The normalized spacial score (nSPS) is 10.6. The zero-order chi connectivity index (χ0) is 20.8. The van der Waals surface area contributed by atoms with Crippen molar-refractivity contribution < 1.29 is 19.0 Å². The number of rotatable bonds is 9. The van der Waals surface area contributed by atoms with Gasteiger partial charge in [-0.1, -0.05) is 23.5 Å². The highest BCUT2D eigenvalue weighted by atomic mass is 32.1. The second-order valence-electron chi connectivity index (χ2n) is 6.45. The minimum Gasteiger partial charge on any atom is -0.494 e. The number of benzene rings is 2. The van der Waals surface area contributed by atoms with Crippen molar-refractivity contribution in [3.8, 4) is 17.2 Å². The van der Waals surface area contributed by atoms with Gasteiger partial charge in [-0.25, -0.2) is 4.98 Å². The van der Waals surface area contributed by atoms with Crippen molar-refractivity contribution in [1.82, 2.24) is 10.3 Å². The smallest absolute Gasteiger partial charge is 0.239 e. The predicted molar refractivity (Wildman–Crippen MR) is 116 cm³/mol. The molecule has 0 fully saturated rings. The minimum absolute atomic E-state index is 0.0563. The molecule has 2 aromatic carbocycles. The Kier molecular flexibility index (Phi) is 6.77. The van der Waals surface area contributed by atoms with Crippen LogP contribution in [0.4, 0.5) is 5.13 Å². The van der Waals surface area contributed by atoms with Gasteiger partial charge in [-0.15, -0.1) is 0 Å². The van der Waals surface area contributed by atoms with Crippen LogP contribution in [0, 0.1) is 0 Å². The topological polar surface area (TPSA) is 72.9 Å². The standard InChI is InChI=1S/C21H25N3O4S/c1-24(21-23-20-16(27-3)6-5-7-18(20)29-21)13-19(25)22-11-10-14-8-9-15(26-2)17(12-14)28-4/h5-9,12H,10-11,13H2,1-4H3,(H,22,25). The zero-order valence-corrected chi connectivity index (χ0v) is 17.8. The molecule has 0 spiro atoms. The highest BCUT2D eigenvalue weighted by molar-refractivity contribution is 7.22. The molecule has 0 unspecified atom stereocenters. The number of para-hydroxylation sites is 1. The zero-order valence-electron chi connectivity index (χ0n) is 17.0. The Morgan fingerprint density at radius 2 is 1.83 bits per heavy atom. The molecule has 1 N–H and O–H groups in total. The first-order chi connectivity index (χ1) is 14.0. The SMILES string of the molecule is COc1ccc(CCNC(=O)CN(C)c2nc3c(OC)cccc3s2)cc1OC. The van der Waals surface area contributed by atoms with E-state index in [4.69, 9.17) is 14.2 Å². The third-order valence-electron chi connectivity index (χ3n) is 4.48. The van der Waals surface area contributed by atoms with Crippen molar-refractivity contribution in [2.75, 3.05) is 46.4 Å². The molecular weight excluding hydrogens is 390 g/mol. The van der Waals surface area contributed by atoms with Gasteiger partial charge in [0.2, 0.25) is 5.91 Å². The van der Waals surface area contributed by atoms with Crippen LogP contribution >= 0.6 is 11.3 Å². The number of amides is 1. The number of ether oxygens (including phenoxy) is 3. The molecule has 7 nitrogen and oxygen atoms in total. The van der Waals surface area contributed by atoms with E-state index in [1.807, 2.05) is 48.3 Å². The van der Waals surface area contributed by atoms with Gasteiger partial charge in [0.15, 0.2) is 16.6 Å². The number of carbonyl (C=O) groups excluding carboxylic acids is 1. The molecule has 0 aliphatic heterocycles. The highest BCUT2D eigenvalue weighted by Crippen LogP contribution is 2.33. The van der Waals surface area contributed by atoms with Crippen molar-refractivity contribution in [3.05, 3.63) is 42.0 Å². The molecule has 0 aliphatic rings. The van der Waals surface area contributed by atoms with Gasteiger partial charge in [0.05, 0.1) is 32.6 Å². The van der Waals surface area contributed by atoms with E-state index >= 15 is 0 Å². The van der Waals surface area contributed by atoms with Crippen molar-refractivity contribution in [2.24, 2.45) is 0 Å². The highest BCUT2D eigenvalue weighted by Gasteiger charge is 2.14. The molecule has 8 heteroatoms. The van der Waals surface area contributed by atoms with Gasteiger partial charge in [0, 0.05) is 13.6 Å². The van der Waals surface area contributed by atoms with E-state index < -0.39 is 0 Å². The van der Waals surface area contributed by atoms with Crippen LogP contribution in [-0.4, -0.2) is 52.4 Å². The molecule has 1 heterocycles. The summed E-state index contributed by atoms with van der Waals surface area (Å²) in [5, 5.41) is 3.73. The molecule has 0 aliphatic carbocycles. The Bertz CT molecular complexity index is 989. The van der Waals surface area contributed by atoms with Crippen molar-refractivity contribution >= 4 is 32.6 Å². The summed E-state index contributed by atoms with van der Waals surface area (Å²) < 4.78 is 16.9. The fourth-order valence-corrected chi connectivity index (χ4v) is 3.90. The van der Waals surface area contributed by atoms with Crippen molar-refractivity contribution in [3.63, 3.8) is 0 Å². The Hall–Kier alpha value is -3.00. The average molecular weight is 416 g/mol. The maximum atomic E-state index is 12.3. The number of nitrogens with one attached hydrogen (secondary N) is 1. The van der Waals surface area contributed by atoms with E-state index in [1.54, 1.807) is 21.3 Å². The molecule has 1 amide bonds. The molecule has 1 aromatic heterocycles. The van der Waals surface area contributed by atoms with Gasteiger partial charge in [0.25, 0.3) is 0 Å². The fraction of sp³-hybridized carbons (Fsp3) is 0.333. The van der Waals surface area contributed by atoms with Crippen LogP contribution in [0.1, 0.15) is 5.56 Å². The average Bonchev–Trinajstić information content (AvgIpc) is 3.18. The van der Waals surface area contributed by atoms with E-state index in [0.717, 1.165) is 26.7 Å². The number of thiazole rings is 1. The van der Waals surface area contributed by atoms with Gasteiger partial charge in [-0.2, -0.15) is 0 Å². The Morgan fingerprint density at radius 1 is 1.07 bits per heavy atom. The van der Waals surface area contributed by atoms with Gasteiger partial charge < -0.3 is 24.4 Å². The second kappa shape index (κ2) is 9.47. The van der Waals surface area contributed by atoms with Crippen molar-refractivity contribution in [1.29, 1.82) is 0 Å². The summed E-state index contributed by atoms with van der Waals surface area (Å²) in [7, 11) is 6.70. The summed E-state index contributed by atoms with van der Waals surface area (Å²) in [5.41, 5.74) is 1.88. The summed E-state index contributed by atoms with van der Waals surface area (Å²) in [6.45, 7) is 0.768. The molecule has 0 saturated carbocycles. The Morgan fingerprint density at radius 3 is 2.55 bits per heavy atom. The number of fused-ring (bicyclic) bond motifs is 1. The summed E-state index contributed by atoms with van der Waals surface area (Å²) in [5.74, 6) is 2.05. The molecule has 0 saturated heterocycles. The van der Waals surface area contributed by atoms with E-state index in [0.29, 0.717) is 24.5 Å². The number of anilines is 1. The molecule has 3 rings (SSSR count). The fourth-order valence-electron chi connectivity index (χ4n) is 2.96. The number of methoxy groups -OCH3 is 3. The lowest BCUT2D eigenvalue weighted by molar-refractivity contribution is -0.119. The van der Waals surface area contributed by atoms with Crippen LogP contribution < -0.4 is 24.4 Å².